The first-order valence-corrected chi connectivity index (χ1v) is 8.10. The van der Waals surface area contributed by atoms with Crippen LogP contribution in [0.15, 0.2) is 59.7 Å². The van der Waals surface area contributed by atoms with E-state index in [1.807, 2.05) is 24.3 Å². The molecule has 1 aromatic heterocycles. The number of nitrogens with one attached hydrogen (secondary N) is 1. The molecule has 0 unspecified atom stereocenters. The molecule has 0 atom stereocenters. The lowest BCUT2D eigenvalue weighted by Gasteiger charge is -2.11. The van der Waals surface area contributed by atoms with Crippen LogP contribution in [0.4, 0.5) is 5.82 Å². The zero-order valence-electron chi connectivity index (χ0n) is 14.1. The predicted octanol–water partition coefficient (Wildman–Crippen LogP) is 2.58. The van der Waals surface area contributed by atoms with E-state index in [0.717, 1.165) is 11.3 Å². The first-order chi connectivity index (χ1) is 12.8. The van der Waals surface area contributed by atoms with E-state index in [-0.39, 0.29) is 18.2 Å². The van der Waals surface area contributed by atoms with Gasteiger partial charge in [0.05, 0.1) is 12.8 Å². The largest absolute Gasteiger partial charge is 0.496 e. The lowest BCUT2D eigenvalue weighted by molar-refractivity contribution is 0.174. The van der Waals surface area contributed by atoms with Crippen LogP contribution in [0.1, 0.15) is 5.56 Å². The van der Waals surface area contributed by atoms with Crippen LogP contribution in [0.5, 0.6) is 17.2 Å². The molecule has 1 N–H and O–H groups in total. The number of hydrogen-bond donors (Lipinski definition) is 1. The average Bonchev–Trinajstić information content (AvgIpc) is 3.15. The fourth-order valence-corrected chi connectivity index (χ4v) is 2.80. The highest BCUT2D eigenvalue weighted by atomic mass is 16.7. The Morgan fingerprint density at radius 1 is 1.19 bits per heavy atom. The predicted molar refractivity (Wildman–Crippen MR) is 96.3 cm³/mol. The third-order valence-electron chi connectivity index (χ3n) is 4.11. The molecule has 0 bridgehead atoms. The third-order valence-corrected chi connectivity index (χ3v) is 4.11. The number of ether oxygens (including phenoxy) is 3. The molecule has 0 saturated carbocycles. The van der Waals surface area contributed by atoms with E-state index >= 15 is 0 Å². The molecule has 0 radical (unpaired) electrons. The van der Waals surface area contributed by atoms with Gasteiger partial charge in [0.15, 0.2) is 17.3 Å². The van der Waals surface area contributed by atoms with Crippen LogP contribution in [-0.2, 0) is 6.54 Å². The minimum atomic E-state index is -0.249. The van der Waals surface area contributed by atoms with E-state index < -0.39 is 0 Å². The second-order valence-electron chi connectivity index (χ2n) is 5.65. The Morgan fingerprint density at radius 2 is 2.04 bits per heavy atom. The molecule has 4 rings (SSSR count). The van der Waals surface area contributed by atoms with Gasteiger partial charge < -0.3 is 19.5 Å². The maximum absolute atomic E-state index is 12.8. The van der Waals surface area contributed by atoms with Crippen molar-refractivity contribution in [2.45, 2.75) is 6.54 Å². The van der Waals surface area contributed by atoms with Crippen LogP contribution in [0, 0.1) is 0 Å². The molecule has 1 aliphatic heterocycles. The van der Waals surface area contributed by atoms with Crippen molar-refractivity contribution in [1.29, 1.82) is 0 Å². The van der Waals surface area contributed by atoms with Crippen molar-refractivity contribution in [1.82, 2.24) is 9.55 Å². The quantitative estimate of drug-likeness (QED) is 0.762. The van der Waals surface area contributed by atoms with Crippen LogP contribution in [0.2, 0.25) is 0 Å². The molecular weight excluding hydrogens is 334 g/mol. The number of para-hydroxylation sites is 1. The SMILES string of the molecule is COc1ccccc1CNc1nccn(-c2ccc3c(c2)OCO3)c1=O. The molecule has 0 amide bonds. The molecule has 2 heterocycles. The zero-order valence-corrected chi connectivity index (χ0v) is 14.1. The summed E-state index contributed by atoms with van der Waals surface area (Å²) in [6.45, 7) is 0.618. The van der Waals surface area contributed by atoms with Crippen LogP contribution in [0.25, 0.3) is 5.69 Å². The topological polar surface area (TPSA) is 74.6 Å². The zero-order chi connectivity index (χ0) is 17.9. The Labute approximate surface area is 149 Å². The van der Waals surface area contributed by atoms with Crippen LogP contribution in [-0.4, -0.2) is 23.5 Å². The number of aromatic nitrogens is 2. The summed E-state index contributed by atoms with van der Waals surface area (Å²) in [4.78, 5) is 16.9. The van der Waals surface area contributed by atoms with Crippen molar-refractivity contribution < 1.29 is 14.2 Å². The molecular formula is C19H17N3O4. The van der Waals surface area contributed by atoms with Gasteiger partial charge >= 0.3 is 0 Å². The third kappa shape index (κ3) is 2.95. The van der Waals surface area contributed by atoms with Gasteiger partial charge in [-0.15, -0.1) is 0 Å². The van der Waals surface area contributed by atoms with E-state index in [9.17, 15) is 4.79 Å². The first-order valence-electron chi connectivity index (χ1n) is 8.10. The molecule has 7 heteroatoms. The molecule has 0 aliphatic carbocycles. The van der Waals surface area contributed by atoms with Crippen molar-refractivity contribution in [2.24, 2.45) is 0 Å². The lowest BCUT2D eigenvalue weighted by Crippen LogP contribution is -2.23. The molecule has 2 aromatic carbocycles. The Kier molecular flexibility index (Phi) is 4.18. The van der Waals surface area contributed by atoms with Gasteiger partial charge in [-0.25, -0.2) is 4.98 Å². The Morgan fingerprint density at radius 3 is 2.92 bits per heavy atom. The van der Waals surface area contributed by atoms with Crippen molar-refractivity contribution >= 4 is 5.82 Å². The molecule has 0 spiro atoms. The van der Waals surface area contributed by atoms with Gasteiger partial charge in [-0.3, -0.25) is 9.36 Å². The number of fused-ring (bicyclic) bond motifs is 1. The van der Waals surface area contributed by atoms with Gasteiger partial charge in [-0.1, -0.05) is 18.2 Å². The first kappa shape index (κ1) is 16.0. The van der Waals surface area contributed by atoms with Crippen molar-refractivity contribution in [3.05, 3.63) is 70.8 Å². The Balaban J connectivity index is 1.61. The fraction of sp³-hybridized carbons (Fsp3) is 0.158. The molecule has 0 saturated heterocycles. The normalized spacial score (nSPS) is 12.0. The second kappa shape index (κ2) is 6.79. The number of methoxy groups -OCH3 is 1. The molecule has 0 fully saturated rings. The highest BCUT2D eigenvalue weighted by molar-refractivity contribution is 5.51. The molecule has 1 aliphatic rings. The number of hydrogen-bond acceptors (Lipinski definition) is 6. The monoisotopic (exact) mass is 351 g/mol. The smallest absolute Gasteiger partial charge is 0.297 e. The Bertz CT molecular complexity index is 1000. The van der Waals surface area contributed by atoms with Crippen molar-refractivity contribution in [3.8, 4) is 22.9 Å². The van der Waals surface area contributed by atoms with Gasteiger partial charge in [-0.2, -0.15) is 0 Å². The van der Waals surface area contributed by atoms with E-state index in [1.165, 1.54) is 4.57 Å². The van der Waals surface area contributed by atoms with Crippen LogP contribution < -0.4 is 25.1 Å². The van der Waals surface area contributed by atoms with E-state index in [4.69, 9.17) is 14.2 Å². The summed E-state index contributed by atoms with van der Waals surface area (Å²) in [5, 5.41) is 3.09. The van der Waals surface area contributed by atoms with Gasteiger partial charge in [0, 0.05) is 30.6 Å². The van der Waals surface area contributed by atoms with E-state index in [1.54, 1.807) is 37.7 Å². The highest BCUT2D eigenvalue weighted by Gasteiger charge is 2.15. The van der Waals surface area contributed by atoms with Crippen LogP contribution in [0.3, 0.4) is 0 Å². The number of anilines is 1. The van der Waals surface area contributed by atoms with Gasteiger partial charge in [0.1, 0.15) is 5.75 Å². The summed E-state index contributed by atoms with van der Waals surface area (Å²) < 4.78 is 17.5. The fourth-order valence-electron chi connectivity index (χ4n) is 2.80. The van der Waals surface area contributed by atoms with E-state index in [0.29, 0.717) is 23.7 Å². The summed E-state index contributed by atoms with van der Waals surface area (Å²) >= 11 is 0. The second-order valence-corrected chi connectivity index (χ2v) is 5.65. The van der Waals surface area contributed by atoms with Crippen LogP contribution >= 0.6 is 0 Å². The van der Waals surface area contributed by atoms with Crippen molar-refractivity contribution in [2.75, 3.05) is 19.2 Å². The highest BCUT2D eigenvalue weighted by Crippen LogP contribution is 2.33. The number of rotatable bonds is 5. The molecule has 132 valence electrons. The minimum Gasteiger partial charge on any atom is -0.496 e. The lowest BCUT2D eigenvalue weighted by atomic mass is 10.2. The summed E-state index contributed by atoms with van der Waals surface area (Å²) in [7, 11) is 1.62. The maximum Gasteiger partial charge on any atom is 0.297 e. The summed E-state index contributed by atoms with van der Waals surface area (Å²) in [6.07, 6.45) is 3.20. The number of benzene rings is 2. The molecule has 7 nitrogen and oxygen atoms in total. The summed E-state index contributed by atoms with van der Waals surface area (Å²) in [5.74, 6) is 2.31. The molecule has 3 aromatic rings. The van der Waals surface area contributed by atoms with E-state index in [2.05, 4.69) is 10.3 Å². The standard InChI is InChI=1S/C19H17N3O4/c1-24-15-5-3-2-4-13(15)11-21-18-19(23)22(9-8-20-18)14-6-7-16-17(10-14)26-12-25-16/h2-10H,11-12H2,1H3,(H,20,21). The average molecular weight is 351 g/mol. The Hall–Kier alpha value is -3.48. The summed E-state index contributed by atoms with van der Waals surface area (Å²) in [6, 6.07) is 13.0. The minimum absolute atomic E-state index is 0.190. The van der Waals surface area contributed by atoms with Gasteiger partial charge in [0.25, 0.3) is 5.56 Å². The van der Waals surface area contributed by atoms with Gasteiger partial charge in [-0.05, 0) is 18.2 Å². The van der Waals surface area contributed by atoms with Crippen molar-refractivity contribution in [3.63, 3.8) is 0 Å². The number of nitrogens with zero attached hydrogens (tertiary/aromatic N) is 2. The summed E-state index contributed by atoms with van der Waals surface area (Å²) in [5.41, 5.74) is 1.37. The molecule has 26 heavy (non-hydrogen) atoms. The maximum atomic E-state index is 12.8. The van der Waals surface area contributed by atoms with Gasteiger partial charge in [0.2, 0.25) is 6.79 Å².